The average Bonchev–Trinajstić information content (AvgIpc) is 2.11. The Hall–Kier alpha value is -0.00610. The van der Waals surface area contributed by atoms with Crippen molar-refractivity contribution >= 4 is 6.72 Å². The largest absolute Gasteiger partial charge is 0.502 e. The summed E-state index contributed by atoms with van der Waals surface area (Å²) in [5.41, 5.74) is 1.15. The summed E-state index contributed by atoms with van der Waals surface area (Å²) in [4.78, 5) is 3.51. The van der Waals surface area contributed by atoms with Crippen LogP contribution in [0.5, 0.6) is 0 Å². The molecule has 1 nitrogen and oxygen atoms in total. The fourth-order valence-corrected chi connectivity index (χ4v) is 0.689. The molecule has 1 rings (SSSR count). The third-order valence-corrected chi connectivity index (χ3v) is 1.12. The molecule has 1 aromatic rings. The van der Waals surface area contributed by atoms with E-state index in [9.17, 15) is 0 Å². The molecule has 1 radical (unpaired) electrons. The molecule has 12 heavy (non-hydrogen) atoms. The summed E-state index contributed by atoms with van der Waals surface area (Å²) in [6.07, 6.45) is 0. The quantitative estimate of drug-likeness (QED) is 0.554. The first-order chi connectivity index (χ1) is 5.43. The van der Waals surface area contributed by atoms with Crippen LogP contribution in [-0.2, 0) is 39.3 Å². The SMILES string of the molecule is CC.[CH-]=NCc1ccccc1.[Y]. The maximum atomic E-state index is 4.99. The number of nitrogens with zero attached hydrogens (tertiary/aromatic N) is 1. The monoisotopic (exact) mass is 237 g/mol. The molecule has 0 N–H and O–H groups in total. The van der Waals surface area contributed by atoms with E-state index in [1.54, 1.807) is 0 Å². The molecule has 0 aliphatic rings. The van der Waals surface area contributed by atoms with Crippen molar-refractivity contribution in [1.29, 1.82) is 0 Å². The smallest absolute Gasteiger partial charge is 0.0255 e. The molecule has 1 aromatic carbocycles. The second-order valence-corrected chi connectivity index (χ2v) is 1.83. The van der Waals surface area contributed by atoms with E-state index in [1.807, 2.05) is 44.2 Å². The standard InChI is InChI=1S/C8H8N.C2H6.Y/c1-9-7-8-5-3-2-4-6-8;1-2;/h1-6H,7H2;1-2H3;/q-1;;. The van der Waals surface area contributed by atoms with Crippen LogP contribution in [0.2, 0.25) is 0 Å². The van der Waals surface area contributed by atoms with E-state index in [0.717, 1.165) is 5.56 Å². The molecular formula is C10H14NY-. The Balaban J connectivity index is 0. The maximum Gasteiger partial charge on any atom is 0.0255 e. The zero-order chi connectivity index (χ0) is 8.53. The zero-order valence-corrected chi connectivity index (χ0v) is 10.5. The molecule has 0 saturated heterocycles. The molecule has 63 valence electrons. The van der Waals surface area contributed by atoms with Crippen molar-refractivity contribution in [3.8, 4) is 0 Å². The van der Waals surface area contributed by atoms with Gasteiger partial charge in [-0.3, -0.25) is 0 Å². The molecule has 0 atom stereocenters. The van der Waals surface area contributed by atoms with Gasteiger partial charge in [0, 0.05) is 39.3 Å². The van der Waals surface area contributed by atoms with Gasteiger partial charge in [0.1, 0.15) is 0 Å². The Morgan fingerprint density at radius 3 is 2.08 bits per heavy atom. The van der Waals surface area contributed by atoms with Gasteiger partial charge in [0.25, 0.3) is 0 Å². The third-order valence-electron chi connectivity index (χ3n) is 1.12. The number of hydrogen-bond donors (Lipinski definition) is 0. The fourth-order valence-electron chi connectivity index (χ4n) is 0.689. The molecule has 2 heteroatoms. The van der Waals surface area contributed by atoms with Crippen LogP contribution in [0.4, 0.5) is 0 Å². The van der Waals surface area contributed by atoms with Crippen molar-refractivity contribution < 1.29 is 32.7 Å². The summed E-state index contributed by atoms with van der Waals surface area (Å²) < 4.78 is 0. The van der Waals surface area contributed by atoms with Gasteiger partial charge in [0.05, 0.1) is 0 Å². The average molecular weight is 237 g/mol. The predicted molar refractivity (Wildman–Crippen MR) is 50.0 cm³/mol. The van der Waals surface area contributed by atoms with Crippen molar-refractivity contribution in [2.24, 2.45) is 4.99 Å². The molecule has 0 aromatic heterocycles. The molecule has 0 saturated carbocycles. The Kier molecular flexibility index (Phi) is 13.3. The second-order valence-electron chi connectivity index (χ2n) is 1.83. The number of aliphatic imine (C=N–C) groups is 1. The van der Waals surface area contributed by atoms with E-state index in [0.29, 0.717) is 6.54 Å². The molecule has 0 heterocycles. The molecular weight excluding hydrogens is 223 g/mol. The van der Waals surface area contributed by atoms with Gasteiger partial charge in [0.2, 0.25) is 0 Å². The molecule has 0 fully saturated rings. The molecule has 0 unspecified atom stereocenters. The van der Waals surface area contributed by atoms with Crippen LogP contribution in [0, 0.1) is 0 Å². The van der Waals surface area contributed by atoms with Gasteiger partial charge in [-0.1, -0.05) is 44.2 Å². The summed E-state index contributed by atoms with van der Waals surface area (Å²) in [5.74, 6) is 0. The Morgan fingerprint density at radius 2 is 1.67 bits per heavy atom. The van der Waals surface area contributed by atoms with Crippen molar-refractivity contribution in [2.75, 3.05) is 0 Å². The van der Waals surface area contributed by atoms with Gasteiger partial charge in [0.15, 0.2) is 0 Å². The van der Waals surface area contributed by atoms with E-state index in [2.05, 4.69) is 4.99 Å². The van der Waals surface area contributed by atoms with E-state index in [4.69, 9.17) is 6.72 Å². The van der Waals surface area contributed by atoms with E-state index < -0.39 is 0 Å². The molecule has 0 aliphatic heterocycles. The number of rotatable bonds is 2. The Labute approximate surface area is 100 Å². The molecule has 0 aliphatic carbocycles. The third kappa shape index (κ3) is 6.69. The summed E-state index contributed by atoms with van der Waals surface area (Å²) in [7, 11) is 0. The summed E-state index contributed by atoms with van der Waals surface area (Å²) in [6.45, 7) is 9.60. The van der Waals surface area contributed by atoms with Gasteiger partial charge in [-0.25, -0.2) is 0 Å². The predicted octanol–water partition coefficient (Wildman–Crippen LogP) is 2.79. The van der Waals surface area contributed by atoms with Crippen LogP contribution in [0.1, 0.15) is 19.4 Å². The number of benzene rings is 1. The van der Waals surface area contributed by atoms with Gasteiger partial charge >= 0.3 is 0 Å². The van der Waals surface area contributed by atoms with Crippen molar-refractivity contribution in [2.45, 2.75) is 20.4 Å². The number of hydrogen-bond acceptors (Lipinski definition) is 1. The van der Waals surface area contributed by atoms with Crippen LogP contribution in [0.3, 0.4) is 0 Å². The van der Waals surface area contributed by atoms with Gasteiger partial charge in [-0.15, -0.1) is 0 Å². The Bertz CT molecular complexity index is 184. The van der Waals surface area contributed by atoms with Gasteiger partial charge in [-0.2, -0.15) is 0 Å². The summed E-state index contributed by atoms with van der Waals surface area (Å²) in [6, 6.07) is 9.91. The second kappa shape index (κ2) is 11.0. The van der Waals surface area contributed by atoms with Crippen LogP contribution >= 0.6 is 0 Å². The fraction of sp³-hybridized carbons (Fsp3) is 0.300. The van der Waals surface area contributed by atoms with Crippen LogP contribution < -0.4 is 0 Å². The van der Waals surface area contributed by atoms with E-state index in [1.165, 1.54) is 0 Å². The van der Waals surface area contributed by atoms with Gasteiger partial charge < -0.3 is 11.7 Å². The Morgan fingerprint density at radius 1 is 1.17 bits per heavy atom. The summed E-state index contributed by atoms with van der Waals surface area (Å²) in [5, 5.41) is 0. The summed E-state index contributed by atoms with van der Waals surface area (Å²) >= 11 is 0. The van der Waals surface area contributed by atoms with Crippen LogP contribution in [0.25, 0.3) is 0 Å². The van der Waals surface area contributed by atoms with Crippen molar-refractivity contribution in [1.82, 2.24) is 0 Å². The van der Waals surface area contributed by atoms with E-state index >= 15 is 0 Å². The topological polar surface area (TPSA) is 12.4 Å². The molecule has 0 amide bonds. The first-order valence-corrected chi connectivity index (χ1v) is 3.84. The zero-order valence-electron chi connectivity index (χ0n) is 7.70. The first-order valence-electron chi connectivity index (χ1n) is 3.84. The molecule has 0 bridgehead atoms. The van der Waals surface area contributed by atoms with Crippen LogP contribution in [-0.4, -0.2) is 6.72 Å². The maximum absolute atomic E-state index is 4.99. The van der Waals surface area contributed by atoms with Gasteiger partial charge in [-0.05, 0) is 5.56 Å². The van der Waals surface area contributed by atoms with Crippen molar-refractivity contribution in [3.63, 3.8) is 0 Å². The first kappa shape index (κ1) is 14.5. The van der Waals surface area contributed by atoms with E-state index in [-0.39, 0.29) is 32.7 Å². The normalized spacial score (nSPS) is 7.17. The minimum Gasteiger partial charge on any atom is -0.502 e. The molecule has 0 spiro atoms. The minimum absolute atomic E-state index is 0. The van der Waals surface area contributed by atoms with Crippen LogP contribution in [0.15, 0.2) is 35.3 Å². The van der Waals surface area contributed by atoms with Crippen molar-refractivity contribution in [3.05, 3.63) is 35.9 Å². The minimum atomic E-state index is 0.